The Balaban J connectivity index is 1.73. The van der Waals surface area contributed by atoms with Crippen LogP contribution in [0.1, 0.15) is 84.5 Å². The van der Waals surface area contributed by atoms with Crippen LogP contribution in [0.4, 0.5) is 0 Å². The molecular weight excluding hydrogens is 218 g/mol. The van der Waals surface area contributed by atoms with Crippen LogP contribution in [-0.2, 0) is 0 Å². The van der Waals surface area contributed by atoms with Gasteiger partial charge < -0.3 is 5.32 Å². The van der Waals surface area contributed by atoms with E-state index in [9.17, 15) is 0 Å². The van der Waals surface area contributed by atoms with Crippen LogP contribution in [0.2, 0.25) is 0 Å². The summed E-state index contributed by atoms with van der Waals surface area (Å²) in [7, 11) is 0. The summed E-state index contributed by atoms with van der Waals surface area (Å²) >= 11 is 0. The third kappa shape index (κ3) is 3.98. The Bertz CT molecular complexity index is 218. The minimum atomic E-state index is 0.843. The molecule has 0 aromatic rings. The topological polar surface area (TPSA) is 12.0 Å². The first-order valence-corrected chi connectivity index (χ1v) is 8.59. The monoisotopic (exact) mass is 251 g/mol. The van der Waals surface area contributed by atoms with Gasteiger partial charge in [-0.15, -0.1) is 0 Å². The largest absolute Gasteiger partial charge is 0.311 e. The standard InChI is InChI=1S/C17H33N/c1-3-7-14-10-12-16(13-11-14)18-17-9-6-5-8-15(17)4-2/h14-18H,3-13H2,1-2H3. The molecule has 0 amide bonds. The van der Waals surface area contributed by atoms with E-state index < -0.39 is 0 Å². The summed E-state index contributed by atoms with van der Waals surface area (Å²) in [5.41, 5.74) is 0. The summed E-state index contributed by atoms with van der Waals surface area (Å²) in [6, 6.07) is 1.69. The molecule has 1 N–H and O–H groups in total. The van der Waals surface area contributed by atoms with Crippen LogP contribution >= 0.6 is 0 Å². The Morgan fingerprint density at radius 1 is 0.889 bits per heavy atom. The van der Waals surface area contributed by atoms with Gasteiger partial charge in [-0.25, -0.2) is 0 Å². The van der Waals surface area contributed by atoms with Gasteiger partial charge in [-0.3, -0.25) is 0 Å². The highest BCUT2D eigenvalue weighted by Gasteiger charge is 2.27. The van der Waals surface area contributed by atoms with Crippen molar-refractivity contribution in [1.82, 2.24) is 5.32 Å². The lowest BCUT2D eigenvalue weighted by Gasteiger charge is -2.37. The van der Waals surface area contributed by atoms with Crippen molar-refractivity contribution in [2.75, 3.05) is 0 Å². The van der Waals surface area contributed by atoms with Crippen LogP contribution in [0.15, 0.2) is 0 Å². The maximum absolute atomic E-state index is 4.02. The molecule has 0 radical (unpaired) electrons. The van der Waals surface area contributed by atoms with Crippen LogP contribution in [0.5, 0.6) is 0 Å². The summed E-state index contributed by atoms with van der Waals surface area (Å²) in [5.74, 6) is 2.01. The molecule has 0 aromatic heterocycles. The van der Waals surface area contributed by atoms with Gasteiger partial charge in [0.2, 0.25) is 0 Å². The second kappa shape index (κ2) is 7.53. The Morgan fingerprint density at radius 3 is 2.28 bits per heavy atom. The van der Waals surface area contributed by atoms with E-state index in [0.717, 1.165) is 23.9 Å². The molecule has 2 rings (SSSR count). The van der Waals surface area contributed by atoms with E-state index in [1.165, 1.54) is 70.6 Å². The molecular formula is C17H33N. The molecule has 2 fully saturated rings. The van der Waals surface area contributed by atoms with Gasteiger partial charge in [0, 0.05) is 12.1 Å². The van der Waals surface area contributed by atoms with Gasteiger partial charge in [0.25, 0.3) is 0 Å². The smallest absolute Gasteiger partial charge is 0.00978 e. The lowest BCUT2D eigenvalue weighted by molar-refractivity contribution is 0.199. The van der Waals surface area contributed by atoms with Crippen molar-refractivity contribution < 1.29 is 0 Å². The summed E-state index contributed by atoms with van der Waals surface area (Å²) in [6.07, 6.45) is 15.9. The van der Waals surface area contributed by atoms with Gasteiger partial charge in [-0.1, -0.05) is 46.0 Å². The quantitative estimate of drug-likeness (QED) is 0.732. The third-order valence-electron chi connectivity index (χ3n) is 5.43. The second-order valence-corrected chi connectivity index (χ2v) is 6.73. The van der Waals surface area contributed by atoms with Gasteiger partial charge >= 0.3 is 0 Å². The summed E-state index contributed by atoms with van der Waals surface area (Å²) in [6.45, 7) is 4.71. The maximum Gasteiger partial charge on any atom is 0.00978 e. The van der Waals surface area contributed by atoms with Crippen LogP contribution in [0.25, 0.3) is 0 Å². The Hall–Kier alpha value is -0.0400. The average Bonchev–Trinajstić information content (AvgIpc) is 2.42. The number of nitrogens with one attached hydrogen (secondary N) is 1. The van der Waals surface area contributed by atoms with E-state index in [0.29, 0.717) is 0 Å². The lowest BCUT2D eigenvalue weighted by Crippen LogP contribution is -2.45. The SMILES string of the molecule is CCCC1CCC(NC2CCCCC2CC)CC1. The molecule has 0 aromatic carbocycles. The summed E-state index contributed by atoms with van der Waals surface area (Å²) < 4.78 is 0. The summed E-state index contributed by atoms with van der Waals surface area (Å²) in [5, 5.41) is 4.02. The first kappa shape index (κ1) is 14.4. The highest BCUT2D eigenvalue weighted by atomic mass is 15.0. The van der Waals surface area contributed by atoms with E-state index in [4.69, 9.17) is 0 Å². The second-order valence-electron chi connectivity index (χ2n) is 6.73. The zero-order valence-corrected chi connectivity index (χ0v) is 12.6. The van der Waals surface area contributed by atoms with Gasteiger partial charge in [-0.05, 0) is 50.4 Å². The first-order valence-electron chi connectivity index (χ1n) is 8.59. The molecule has 0 aliphatic heterocycles. The molecule has 106 valence electrons. The van der Waals surface area contributed by atoms with Crippen LogP contribution < -0.4 is 5.32 Å². The normalized spacial score (nSPS) is 37.7. The third-order valence-corrected chi connectivity index (χ3v) is 5.43. The zero-order chi connectivity index (χ0) is 12.8. The molecule has 2 unspecified atom stereocenters. The molecule has 18 heavy (non-hydrogen) atoms. The van der Waals surface area contributed by atoms with Crippen molar-refractivity contribution in [2.24, 2.45) is 11.8 Å². The molecule has 0 saturated heterocycles. The van der Waals surface area contributed by atoms with Gasteiger partial charge in [-0.2, -0.15) is 0 Å². The van der Waals surface area contributed by atoms with E-state index in [1.54, 1.807) is 0 Å². The van der Waals surface area contributed by atoms with Gasteiger partial charge in [0.15, 0.2) is 0 Å². The van der Waals surface area contributed by atoms with Crippen molar-refractivity contribution in [3.8, 4) is 0 Å². The van der Waals surface area contributed by atoms with Crippen molar-refractivity contribution in [1.29, 1.82) is 0 Å². The fourth-order valence-electron chi connectivity index (χ4n) is 4.24. The molecule has 0 heterocycles. The molecule has 0 spiro atoms. The maximum atomic E-state index is 4.02. The summed E-state index contributed by atoms with van der Waals surface area (Å²) in [4.78, 5) is 0. The molecule has 2 aliphatic carbocycles. The van der Waals surface area contributed by atoms with Crippen LogP contribution in [0, 0.1) is 11.8 Å². The fraction of sp³-hybridized carbons (Fsp3) is 1.00. The molecule has 1 nitrogen and oxygen atoms in total. The average molecular weight is 251 g/mol. The van der Waals surface area contributed by atoms with Crippen molar-refractivity contribution >= 4 is 0 Å². The minimum Gasteiger partial charge on any atom is -0.311 e. The number of hydrogen-bond acceptors (Lipinski definition) is 1. The highest BCUT2D eigenvalue weighted by Crippen LogP contribution is 2.31. The number of hydrogen-bond donors (Lipinski definition) is 1. The molecule has 2 atom stereocenters. The molecule has 2 saturated carbocycles. The van der Waals surface area contributed by atoms with E-state index in [-0.39, 0.29) is 0 Å². The first-order chi connectivity index (χ1) is 8.83. The van der Waals surface area contributed by atoms with Crippen LogP contribution in [-0.4, -0.2) is 12.1 Å². The number of rotatable bonds is 5. The van der Waals surface area contributed by atoms with Crippen molar-refractivity contribution in [3.05, 3.63) is 0 Å². The molecule has 0 bridgehead atoms. The minimum absolute atomic E-state index is 0.843. The predicted molar refractivity (Wildman–Crippen MR) is 79.8 cm³/mol. The molecule has 1 heteroatoms. The van der Waals surface area contributed by atoms with E-state index in [2.05, 4.69) is 19.2 Å². The molecule has 2 aliphatic rings. The van der Waals surface area contributed by atoms with E-state index in [1.807, 2.05) is 0 Å². The highest BCUT2D eigenvalue weighted by molar-refractivity contribution is 4.85. The van der Waals surface area contributed by atoms with E-state index >= 15 is 0 Å². The van der Waals surface area contributed by atoms with Gasteiger partial charge in [0.05, 0.1) is 0 Å². The van der Waals surface area contributed by atoms with Crippen LogP contribution in [0.3, 0.4) is 0 Å². The Kier molecular flexibility index (Phi) is 6.01. The zero-order valence-electron chi connectivity index (χ0n) is 12.6. The Morgan fingerprint density at radius 2 is 1.61 bits per heavy atom. The Labute approximate surface area is 114 Å². The predicted octanol–water partition coefficient (Wildman–Crippen LogP) is 4.90. The van der Waals surface area contributed by atoms with Gasteiger partial charge in [0.1, 0.15) is 0 Å². The van der Waals surface area contributed by atoms with Crippen molar-refractivity contribution in [2.45, 2.75) is 96.6 Å². The lowest BCUT2D eigenvalue weighted by atomic mass is 9.80. The van der Waals surface area contributed by atoms with Crippen molar-refractivity contribution in [3.63, 3.8) is 0 Å². The fourth-order valence-corrected chi connectivity index (χ4v) is 4.24.